The quantitative estimate of drug-likeness (QED) is 0.118. The van der Waals surface area contributed by atoms with E-state index in [0.29, 0.717) is 0 Å². The lowest BCUT2D eigenvalue weighted by Gasteiger charge is -2.29. The third kappa shape index (κ3) is 5.71. The molecule has 3 heteroatoms. The number of anilines is 3. The third-order valence-electron chi connectivity index (χ3n) is 11.4. The smallest absolute Gasteiger partial charge is 0.242 e. The Bertz CT molecular complexity index is 2770. The molecule has 1 nitrogen and oxygen atoms in total. The van der Waals surface area contributed by atoms with Crippen LogP contribution in [0, 0.1) is 20.8 Å². The van der Waals surface area contributed by atoms with Gasteiger partial charge >= 0.3 is 0 Å². The van der Waals surface area contributed by atoms with Crippen molar-refractivity contribution < 1.29 is 0 Å². The van der Waals surface area contributed by atoms with Crippen LogP contribution in [0.2, 0.25) is 19.6 Å². The highest BCUT2D eigenvalue weighted by Crippen LogP contribution is 2.44. The summed E-state index contributed by atoms with van der Waals surface area (Å²) in [6.45, 7) is 14.1. The lowest BCUT2D eigenvalue weighted by molar-refractivity contribution is 1.31. The Hall–Kier alpha value is -5.64. The molecule has 0 N–H and O–H groups in total. The number of benzene rings is 9. The molecule has 0 amide bonds. The molecule has 0 aliphatic rings. The predicted octanol–water partition coefficient (Wildman–Crippen LogP) is 11.2. The van der Waals surface area contributed by atoms with Gasteiger partial charge in [-0.25, -0.2) is 0 Å². The van der Waals surface area contributed by atoms with Crippen LogP contribution < -0.4 is 26.5 Å². The van der Waals surface area contributed by atoms with Gasteiger partial charge in [-0.1, -0.05) is 185 Å². The van der Waals surface area contributed by atoms with Crippen molar-refractivity contribution in [1.82, 2.24) is 0 Å². The summed E-state index contributed by atoms with van der Waals surface area (Å²) in [5.74, 6) is 0. The summed E-state index contributed by atoms with van der Waals surface area (Å²) in [6, 6.07) is 59.5. The molecule has 53 heavy (non-hydrogen) atoms. The number of nitrogens with zero attached hydrogens (tertiary/aromatic N) is 1. The summed E-state index contributed by atoms with van der Waals surface area (Å²) >= 11 is 0. The largest absolute Gasteiger partial charge is 0.310 e. The average molecular weight is 698 g/mol. The van der Waals surface area contributed by atoms with Crippen LogP contribution in [-0.2, 0) is 0 Å². The summed E-state index contributed by atoms with van der Waals surface area (Å²) < 4.78 is 0. The van der Waals surface area contributed by atoms with Gasteiger partial charge < -0.3 is 4.90 Å². The lowest BCUT2D eigenvalue weighted by Crippen LogP contribution is -2.54. The maximum Gasteiger partial charge on any atom is 0.242 e. The van der Waals surface area contributed by atoms with Gasteiger partial charge in [0.05, 0.1) is 13.8 Å². The zero-order valence-electron chi connectivity index (χ0n) is 31.5. The van der Waals surface area contributed by atoms with Crippen LogP contribution in [0.25, 0.3) is 43.1 Å². The number of aryl methyl sites for hydroxylation is 3. The number of hydrogen-bond acceptors (Lipinski definition) is 1. The van der Waals surface area contributed by atoms with Gasteiger partial charge in [-0.15, -0.1) is 0 Å². The van der Waals surface area contributed by atoms with E-state index in [2.05, 4.69) is 203 Å². The first kappa shape index (κ1) is 33.2. The van der Waals surface area contributed by atoms with Crippen molar-refractivity contribution in [3.05, 3.63) is 174 Å². The summed E-state index contributed by atoms with van der Waals surface area (Å²) in [5.41, 5.74) is 11.6. The van der Waals surface area contributed by atoms with E-state index in [1.807, 2.05) is 0 Å². The second-order valence-electron chi connectivity index (χ2n) is 16.0. The molecule has 0 unspecified atom stereocenters. The molecule has 9 aromatic rings. The van der Waals surface area contributed by atoms with E-state index in [9.17, 15) is 0 Å². The minimum Gasteiger partial charge on any atom is -0.310 e. The highest BCUT2D eigenvalue weighted by molar-refractivity contribution is 6.97. The Morgan fingerprint density at radius 1 is 0.472 bits per heavy atom. The molecular formula is C50H44BNSi. The van der Waals surface area contributed by atoms with Crippen molar-refractivity contribution in [3.8, 4) is 0 Å². The fraction of sp³-hybridized carbons (Fsp3) is 0.120. The highest BCUT2D eigenvalue weighted by atomic mass is 28.3. The van der Waals surface area contributed by atoms with Crippen molar-refractivity contribution >= 4 is 96.5 Å². The van der Waals surface area contributed by atoms with Crippen LogP contribution in [0.1, 0.15) is 16.7 Å². The second kappa shape index (κ2) is 12.8. The van der Waals surface area contributed by atoms with Crippen molar-refractivity contribution in [2.75, 3.05) is 4.90 Å². The van der Waals surface area contributed by atoms with Gasteiger partial charge in [0.1, 0.15) is 0 Å². The van der Waals surface area contributed by atoms with Gasteiger partial charge in [-0.3, -0.25) is 0 Å². The Labute approximate surface area is 315 Å². The Morgan fingerprint density at radius 3 is 1.74 bits per heavy atom. The molecule has 0 saturated carbocycles. The Kier molecular flexibility index (Phi) is 8.02. The van der Waals surface area contributed by atoms with E-state index in [0.717, 1.165) is 5.69 Å². The summed E-state index contributed by atoms with van der Waals surface area (Å²) in [4.78, 5) is 2.47. The molecule has 9 aromatic carbocycles. The minimum atomic E-state index is -1.47. The lowest BCUT2D eigenvalue weighted by atomic mass is 9.35. The Balaban J connectivity index is 1.31. The highest BCUT2D eigenvalue weighted by Gasteiger charge is 2.28. The maximum atomic E-state index is 2.47. The number of rotatable bonds is 7. The van der Waals surface area contributed by atoms with Crippen LogP contribution in [0.3, 0.4) is 0 Å². The number of fused-ring (bicyclic) bond motifs is 1. The molecule has 0 aliphatic carbocycles. The standard InChI is InChI=1S/C50H44BNSi/c1-33-30-34(2)50(35(3)31-33)51(40-14-8-7-9-15-40)46-28-19-37-18-27-45-47(29-20-38-17-26-44(46)48(37)49(38)45)52(41-22-24-43(25-23-41)53(4,5)6)42-21-16-36-12-10-11-13-39(36)32-42/h7-32H,1-6H3. The molecule has 0 bridgehead atoms. The van der Waals surface area contributed by atoms with Crippen LogP contribution in [0.5, 0.6) is 0 Å². The summed E-state index contributed by atoms with van der Waals surface area (Å²) in [7, 11) is -1.47. The van der Waals surface area contributed by atoms with Crippen molar-refractivity contribution in [3.63, 3.8) is 0 Å². The normalized spacial score (nSPS) is 12.0. The zero-order valence-corrected chi connectivity index (χ0v) is 32.5. The van der Waals surface area contributed by atoms with Crippen molar-refractivity contribution in [2.45, 2.75) is 40.4 Å². The summed E-state index contributed by atoms with van der Waals surface area (Å²) in [6.07, 6.45) is 0. The minimum absolute atomic E-state index is 0.111. The van der Waals surface area contributed by atoms with Crippen LogP contribution in [0.4, 0.5) is 17.1 Å². The van der Waals surface area contributed by atoms with E-state index >= 15 is 0 Å². The summed E-state index contributed by atoms with van der Waals surface area (Å²) in [5, 5.41) is 11.8. The van der Waals surface area contributed by atoms with E-state index in [-0.39, 0.29) is 6.71 Å². The van der Waals surface area contributed by atoms with Gasteiger partial charge in [-0.05, 0) is 88.8 Å². The first-order valence-corrected chi connectivity index (χ1v) is 22.4. The zero-order chi connectivity index (χ0) is 36.4. The molecule has 256 valence electrons. The molecule has 0 aliphatic heterocycles. The second-order valence-corrected chi connectivity index (χ2v) is 21.1. The third-order valence-corrected chi connectivity index (χ3v) is 13.4. The van der Waals surface area contributed by atoms with Gasteiger partial charge in [0, 0.05) is 16.8 Å². The molecular weight excluding hydrogens is 653 g/mol. The van der Waals surface area contributed by atoms with E-state index in [1.54, 1.807) is 0 Å². The molecule has 0 spiro atoms. The first-order valence-electron chi connectivity index (χ1n) is 18.9. The first-order chi connectivity index (χ1) is 25.7. The average Bonchev–Trinajstić information content (AvgIpc) is 3.16. The van der Waals surface area contributed by atoms with Gasteiger partial charge in [-0.2, -0.15) is 0 Å². The monoisotopic (exact) mass is 697 g/mol. The van der Waals surface area contributed by atoms with Gasteiger partial charge in [0.25, 0.3) is 0 Å². The van der Waals surface area contributed by atoms with Crippen molar-refractivity contribution in [1.29, 1.82) is 0 Å². The molecule has 0 fully saturated rings. The van der Waals surface area contributed by atoms with Crippen molar-refractivity contribution in [2.24, 2.45) is 0 Å². The number of hydrogen-bond donors (Lipinski definition) is 0. The molecule has 0 heterocycles. The van der Waals surface area contributed by atoms with Gasteiger partial charge in [0.2, 0.25) is 6.71 Å². The van der Waals surface area contributed by atoms with Crippen LogP contribution in [-0.4, -0.2) is 14.8 Å². The Morgan fingerprint density at radius 2 is 1.04 bits per heavy atom. The molecule has 9 rings (SSSR count). The van der Waals surface area contributed by atoms with E-state index in [4.69, 9.17) is 0 Å². The topological polar surface area (TPSA) is 3.24 Å². The maximum absolute atomic E-state index is 2.47. The van der Waals surface area contributed by atoms with Crippen LogP contribution in [0.15, 0.2) is 158 Å². The molecule has 0 saturated heterocycles. The van der Waals surface area contributed by atoms with Gasteiger partial charge in [0.15, 0.2) is 0 Å². The molecule has 0 atom stereocenters. The predicted molar refractivity (Wildman–Crippen MR) is 237 cm³/mol. The van der Waals surface area contributed by atoms with Crippen LogP contribution >= 0.6 is 0 Å². The van der Waals surface area contributed by atoms with E-state index < -0.39 is 8.07 Å². The SMILES string of the molecule is Cc1cc(C)c(B(c2ccccc2)c2ccc3ccc4c(N(c5ccc([Si](C)(C)C)cc5)c5ccc6ccccc6c5)ccc5ccc2c3c54)c(C)c1. The fourth-order valence-electron chi connectivity index (χ4n) is 8.90. The molecule has 0 radical (unpaired) electrons. The molecule has 0 aromatic heterocycles. The van der Waals surface area contributed by atoms with E-state index in [1.165, 1.54) is 92.7 Å². The fourth-order valence-corrected chi connectivity index (χ4v) is 10.1.